The number of rotatable bonds is 3. The summed E-state index contributed by atoms with van der Waals surface area (Å²) >= 11 is 11.7. The predicted molar refractivity (Wildman–Crippen MR) is 59.6 cm³/mol. The van der Waals surface area contributed by atoms with Crippen LogP contribution in [0.2, 0.25) is 10.0 Å². The van der Waals surface area contributed by atoms with Crippen LogP contribution in [0.25, 0.3) is 0 Å². The summed E-state index contributed by atoms with van der Waals surface area (Å²) in [5.74, 6) is 0. The third kappa shape index (κ3) is 3.84. The number of hydrogen-bond acceptors (Lipinski definition) is 0. The molecule has 13 heavy (non-hydrogen) atoms. The van der Waals surface area contributed by atoms with Gasteiger partial charge in [-0.15, -0.1) is 0 Å². The molecule has 1 aromatic rings. The minimum atomic E-state index is 0.711. The molecule has 0 aromatic heterocycles. The van der Waals surface area contributed by atoms with Gasteiger partial charge in [-0.2, -0.15) is 0 Å². The van der Waals surface area contributed by atoms with E-state index in [2.05, 4.69) is 6.08 Å². The molecule has 1 aromatic carbocycles. The summed E-state index contributed by atoms with van der Waals surface area (Å²) in [5, 5.41) is 1.42. The Hall–Kier alpha value is -0.460. The molecule has 0 atom stereocenters. The van der Waals surface area contributed by atoms with Crippen LogP contribution in [-0.2, 0) is 6.42 Å². The molecule has 0 aliphatic carbocycles. The third-order valence-corrected chi connectivity index (χ3v) is 2.19. The van der Waals surface area contributed by atoms with Crippen molar-refractivity contribution in [1.29, 1.82) is 0 Å². The molecule has 0 saturated heterocycles. The standard InChI is InChI=1S/C11H12Cl2/c1-2-3-4-5-9-6-10(12)8-11(13)7-9/h2-3,6-8H,4-5H2,1H3/b3-2-. The lowest BCUT2D eigenvalue weighted by Gasteiger charge is -2.00. The van der Waals surface area contributed by atoms with Crippen LogP contribution < -0.4 is 0 Å². The molecular weight excluding hydrogens is 203 g/mol. The molecule has 2 heteroatoms. The number of hydrogen-bond donors (Lipinski definition) is 0. The maximum Gasteiger partial charge on any atom is 0.0423 e. The van der Waals surface area contributed by atoms with Crippen LogP contribution in [0.4, 0.5) is 0 Å². The van der Waals surface area contributed by atoms with Gasteiger partial charge < -0.3 is 0 Å². The summed E-state index contributed by atoms with van der Waals surface area (Å²) in [4.78, 5) is 0. The Morgan fingerprint density at radius 3 is 2.31 bits per heavy atom. The molecule has 70 valence electrons. The zero-order chi connectivity index (χ0) is 9.68. The van der Waals surface area contributed by atoms with Crippen molar-refractivity contribution in [2.75, 3.05) is 0 Å². The van der Waals surface area contributed by atoms with Crippen LogP contribution >= 0.6 is 23.2 Å². The van der Waals surface area contributed by atoms with Gasteiger partial charge >= 0.3 is 0 Å². The molecule has 0 aliphatic heterocycles. The van der Waals surface area contributed by atoms with Gasteiger partial charge in [0.15, 0.2) is 0 Å². The topological polar surface area (TPSA) is 0 Å². The average Bonchev–Trinajstić information content (AvgIpc) is 2.03. The fourth-order valence-corrected chi connectivity index (χ4v) is 1.74. The Kier molecular flexibility index (Phi) is 4.34. The zero-order valence-electron chi connectivity index (χ0n) is 7.56. The van der Waals surface area contributed by atoms with E-state index >= 15 is 0 Å². The van der Waals surface area contributed by atoms with Gasteiger partial charge in [-0.3, -0.25) is 0 Å². The van der Waals surface area contributed by atoms with E-state index in [0.717, 1.165) is 12.8 Å². The molecule has 0 bridgehead atoms. The number of benzene rings is 1. The van der Waals surface area contributed by atoms with E-state index in [4.69, 9.17) is 23.2 Å². The van der Waals surface area contributed by atoms with Gasteiger partial charge in [0.05, 0.1) is 0 Å². The van der Waals surface area contributed by atoms with Crippen LogP contribution in [0.3, 0.4) is 0 Å². The Morgan fingerprint density at radius 2 is 1.77 bits per heavy atom. The SMILES string of the molecule is C/C=C\CCc1cc(Cl)cc(Cl)c1. The lowest BCUT2D eigenvalue weighted by atomic mass is 10.1. The Balaban J connectivity index is 2.66. The van der Waals surface area contributed by atoms with Gasteiger partial charge in [-0.1, -0.05) is 35.4 Å². The van der Waals surface area contributed by atoms with Crippen molar-refractivity contribution in [3.8, 4) is 0 Å². The summed E-state index contributed by atoms with van der Waals surface area (Å²) < 4.78 is 0. The van der Waals surface area contributed by atoms with Crippen molar-refractivity contribution >= 4 is 23.2 Å². The molecule has 0 N–H and O–H groups in total. The predicted octanol–water partition coefficient (Wildman–Crippen LogP) is 4.50. The van der Waals surface area contributed by atoms with E-state index < -0.39 is 0 Å². The molecule has 0 unspecified atom stereocenters. The van der Waals surface area contributed by atoms with Gasteiger partial charge in [0.1, 0.15) is 0 Å². The molecule has 0 saturated carbocycles. The van der Waals surface area contributed by atoms with E-state index in [9.17, 15) is 0 Å². The molecule has 0 amide bonds. The van der Waals surface area contributed by atoms with E-state index in [1.165, 1.54) is 5.56 Å². The third-order valence-electron chi connectivity index (χ3n) is 1.76. The molecule has 0 fully saturated rings. The van der Waals surface area contributed by atoms with Crippen LogP contribution in [0.15, 0.2) is 30.4 Å². The smallest absolute Gasteiger partial charge is 0.0423 e. The first-order chi connectivity index (χ1) is 6.22. The largest absolute Gasteiger partial charge is 0.0917 e. The van der Waals surface area contributed by atoms with E-state index in [-0.39, 0.29) is 0 Å². The van der Waals surface area contributed by atoms with Crippen molar-refractivity contribution in [3.63, 3.8) is 0 Å². The molecule has 0 aliphatic rings. The molecule has 0 heterocycles. The molecule has 1 rings (SSSR count). The molecule has 0 nitrogen and oxygen atoms in total. The summed E-state index contributed by atoms with van der Waals surface area (Å²) in [5.41, 5.74) is 1.19. The van der Waals surface area contributed by atoms with Gasteiger partial charge in [0, 0.05) is 10.0 Å². The minimum absolute atomic E-state index is 0.711. The number of halogens is 2. The van der Waals surface area contributed by atoms with Crippen molar-refractivity contribution in [1.82, 2.24) is 0 Å². The Labute approximate surface area is 89.2 Å². The molecule has 0 radical (unpaired) electrons. The maximum atomic E-state index is 5.86. The summed E-state index contributed by atoms with van der Waals surface area (Å²) in [7, 11) is 0. The fourth-order valence-electron chi connectivity index (χ4n) is 1.17. The Bertz CT molecular complexity index is 283. The second-order valence-electron chi connectivity index (χ2n) is 2.89. The number of allylic oxidation sites excluding steroid dienone is 2. The summed E-state index contributed by atoms with van der Waals surface area (Å²) in [6.07, 6.45) is 6.21. The van der Waals surface area contributed by atoms with Gasteiger partial charge in [0.2, 0.25) is 0 Å². The first-order valence-corrected chi connectivity index (χ1v) is 5.04. The molecular formula is C11H12Cl2. The highest BCUT2D eigenvalue weighted by Gasteiger charge is 1.96. The average molecular weight is 215 g/mol. The fraction of sp³-hybridized carbons (Fsp3) is 0.273. The maximum absolute atomic E-state index is 5.86. The summed E-state index contributed by atoms with van der Waals surface area (Å²) in [6, 6.07) is 5.66. The lowest BCUT2D eigenvalue weighted by molar-refractivity contribution is 1.000. The second kappa shape index (κ2) is 5.31. The highest BCUT2D eigenvalue weighted by atomic mass is 35.5. The van der Waals surface area contributed by atoms with Gasteiger partial charge in [-0.25, -0.2) is 0 Å². The first kappa shape index (κ1) is 10.6. The lowest BCUT2D eigenvalue weighted by Crippen LogP contribution is -1.83. The first-order valence-electron chi connectivity index (χ1n) is 4.28. The normalized spacial score (nSPS) is 11.0. The van der Waals surface area contributed by atoms with Gasteiger partial charge in [0.25, 0.3) is 0 Å². The highest BCUT2D eigenvalue weighted by molar-refractivity contribution is 6.34. The van der Waals surface area contributed by atoms with Crippen LogP contribution in [0.5, 0.6) is 0 Å². The van der Waals surface area contributed by atoms with Crippen LogP contribution in [0, 0.1) is 0 Å². The van der Waals surface area contributed by atoms with Crippen molar-refractivity contribution < 1.29 is 0 Å². The number of aryl methyl sites for hydroxylation is 1. The van der Waals surface area contributed by atoms with Crippen LogP contribution in [0.1, 0.15) is 18.9 Å². The Morgan fingerprint density at radius 1 is 1.15 bits per heavy atom. The van der Waals surface area contributed by atoms with Crippen molar-refractivity contribution in [2.45, 2.75) is 19.8 Å². The highest BCUT2D eigenvalue weighted by Crippen LogP contribution is 2.19. The zero-order valence-corrected chi connectivity index (χ0v) is 9.07. The van der Waals surface area contributed by atoms with Crippen molar-refractivity contribution in [2.24, 2.45) is 0 Å². The van der Waals surface area contributed by atoms with E-state index in [1.807, 2.05) is 25.1 Å². The van der Waals surface area contributed by atoms with Gasteiger partial charge in [-0.05, 0) is 43.5 Å². The van der Waals surface area contributed by atoms with Crippen molar-refractivity contribution in [3.05, 3.63) is 46.0 Å². The quantitative estimate of drug-likeness (QED) is 0.651. The monoisotopic (exact) mass is 214 g/mol. The van der Waals surface area contributed by atoms with Crippen LogP contribution in [-0.4, -0.2) is 0 Å². The van der Waals surface area contributed by atoms with E-state index in [1.54, 1.807) is 6.07 Å². The minimum Gasteiger partial charge on any atom is -0.0917 e. The second-order valence-corrected chi connectivity index (χ2v) is 3.76. The molecule has 0 spiro atoms. The summed E-state index contributed by atoms with van der Waals surface area (Å²) in [6.45, 7) is 2.02. The van der Waals surface area contributed by atoms with E-state index in [0.29, 0.717) is 10.0 Å².